The van der Waals surface area contributed by atoms with Gasteiger partial charge >= 0.3 is 0 Å². The Hall–Kier alpha value is -2.33. The maximum Gasteiger partial charge on any atom is 0.258 e. The number of benzene rings is 1. The molecule has 2 N–H and O–H groups in total. The SMILES string of the molecule is CCNc1nnc(SCc2nc3cc(OC)c(OC)cc3c(=O)[nH]2)s1. The lowest BCUT2D eigenvalue weighted by Gasteiger charge is -2.09. The summed E-state index contributed by atoms with van der Waals surface area (Å²) in [5, 5.41) is 12.5. The van der Waals surface area contributed by atoms with Crippen LogP contribution in [0.5, 0.6) is 11.5 Å². The fourth-order valence-corrected chi connectivity index (χ4v) is 3.89. The molecule has 0 amide bonds. The van der Waals surface area contributed by atoms with Crippen molar-refractivity contribution in [2.75, 3.05) is 26.1 Å². The van der Waals surface area contributed by atoms with Crippen molar-refractivity contribution in [1.82, 2.24) is 20.2 Å². The number of aromatic amines is 1. The van der Waals surface area contributed by atoms with Gasteiger partial charge in [-0.05, 0) is 13.0 Å². The van der Waals surface area contributed by atoms with Crippen molar-refractivity contribution < 1.29 is 9.47 Å². The van der Waals surface area contributed by atoms with Gasteiger partial charge in [-0.3, -0.25) is 4.79 Å². The molecule has 0 atom stereocenters. The Morgan fingerprint density at radius 1 is 1.24 bits per heavy atom. The molecule has 0 fully saturated rings. The smallest absolute Gasteiger partial charge is 0.258 e. The van der Waals surface area contributed by atoms with E-state index in [2.05, 4.69) is 25.5 Å². The molecule has 2 aromatic heterocycles. The molecule has 3 rings (SSSR count). The summed E-state index contributed by atoms with van der Waals surface area (Å²) in [6.07, 6.45) is 0. The Kier molecular flexibility index (Phi) is 5.39. The Labute approximate surface area is 152 Å². The van der Waals surface area contributed by atoms with Gasteiger partial charge in [-0.2, -0.15) is 0 Å². The maximum atomic E-state index is 12.3. The molecular formula is C15H17N5O3S2. The fraction of sp³-hybridized carbons (Fsp3) is 0.333. The van der Waals surface area contributed by atoms with Crippen molar-refractivity contribution >= 4 is 39.1 Å². The third kappa shape index (κ3) is 3.85. The van der Waals surface area contributed by atoms with E-state index in [-0.39, 0.29) is 5.56 Å². The molecule has 3 aromatic rings. The van der Waals surface area contributed by atoms with Crippen LogP contribution in [-0.2, 0) is 5.75 Å². The minimum absolute atomic E-state index is 0.216. The molecule has 0 aliphatic rings. The molecule has 132 valence electrons. The first kappa shape index (κ1) is 17.5. The van der Waals surface area contributed by atoms with Crippen LogP contribution in [0.25, 0.3) is 10.9 Å². The highest BCUT2D eigenvalue weighted by molar-refractivity contribution is 8.00. The van der Waals surface area contributed by atoms with E-state index in [1.54, 1.807) is 19.2 Å². The summed E-state index contributed by atoms with van der Waals surface area (Å²) >= 11 is 2.94. The van der Waals surface area contributed by atoms with Gasteiger partial charge in [0.2, 0.25) is 5.13 Å². The third-order valence-corrected chi connectivity index (χ3v) is 5.35. The van der Waals surface area contributed by atoms with Crippen molar-refractivity contribution in [3.05, 3.63) is 28.3 Å². The second kappa shape index (κ2) is 7.70. The van der Waals surface area contributed by atoms with Crippen LogP contribution in [-0.4, -0.2) is 40.9 Å². The van der Waals surface area contributed by atoms with E-state index in [0.29, 0.717) is 34.0 Å². The molecule has 0 saturated heterocycles. The van der Waals surface area contributed by atoms with Gasteiger partial charge in [0.25, 0.3) is 5.56 Å². The molecule has 0 spiro atoms. The molecule has 8 nitrogen and oxygen atoms in total. The number of aromatic nitrogens is 4. The number of ether oxygens (including phenoxy) is 2. The first-order valence-electron chi connectivity index (χ1n) is 7.49. The van der Waals surface area contributed by atoms with Crippen molar-refractivity contribution in [2.24, 2.45) is 0 Å². The van der Waals surface area contributed by atoms with Gasteiger partial charge in [0.15, 0.2) is 15.8 Å². The zero-order valence-electron chi connectivity index (χ0n) is 14.0. The summed E-state index contributed by atoms with van der Waals surface area (Å²) in [5.41, 5.74) is 0.342. The number of fused-ring (bicyclic) bond motifs is 1. The molecule has 0 unspecified atom stereocenters. The third-order valence-electron chi connectivity index (χ3n) is 3.33. The summed E-state index contributed by atoms with van der Waals surface area (Å²) < 4.78 is 11.3. The number of anilines is 1. The number of thioether (sulfide) groups is 1. The Balaban J connectivity index is 1.85. The van der Waals surface area contributed by atoms with Gasteiger partial charge in [0, 0.05) is 12.6 Å². The molecule has 0 aliphatic carbocycles. The second-order valence-electron chi connectivity index (χ2n) is 4.93. The minimum atomic E-state index is -0.216. The molecule has 0 radical (unpaired) electrons. The Morgan fingerprint density at radius 3 is 2.72 bits per heavy atom. The monoisotopic (exact) mass is 379 g/mol. The average molecular weight is 379 g/mol. The first-order chi connectivity index (χ1) is 12.1. The lowest BCUT2D eigenvalue weighted by atomic mass is 10.2. The maximum absolute atomic E-state index is 12.3. The minimum Gasteiger partial charge on any atom is -0.493 e. The predicted octanol–water partition coefficient (Wildman–Crippen LogP) is 2.52. The summed E-state index contributed by atoms with van der Waals surface area (Å²) in [5.74, 6) is 2.08. The molecule has 10 heteroatoms. The number of nitrogens with zero attached hydrogens (tertiary/aromatic N) is 3. The van der Waals surface area contributed by atoms with Crippen molar-refractivity contribution in [3.63, 3.8) is 0 Å². The fourth-order valence-electron chi connectivity index (χ4n) is 2.20. The van der Waals surface area contributed by atoms with Gasteiger partial charge in [-0.15, -0.1) is 10.2 Å². The largest absolute Gasteiger partial charge is 0.493 e. The van der Waals surface area contributed by atoms with Crippen LogP contribution in [0.15, 0.2) is 21.3 Å². The molecule has 0 aliphatic heterocycles. The highest BCUT2D eigenvalue weighted by atomic mass is 32.2. The van der Waals surface area contributed by atoms with Crippen LogP contribution in [0.3, 0.4) is 0 Å². The van der Waals surface area contributed by atoms with Crippen molar-refractivity contribution in [2.45, 2.75) is 17.0 Å². The zero-order chi connectivity index (χ0) is 17.8. The van der Waals surface area contributed by atoms with Crippen LogP contribution in [0.4, 0.5) is 5.13 Å². The number of hydrogen-bond donors (Lipinski definition) is 2. The second-order valence-corrected chi connectivity index (χ2v) is 7.13. The molecular weight excluding hydrogens is 362 g/mol. The lowest BCUT2D eigenvalue weighted by molar-refractivity contribution is 0.355. The van der Waals surface area contributed by atoms with E-state index in [1.165, 1.54) is 30.2 Å². The number of rotatable bonds is 7. The van der Waals surface area contributed by atoms with Gasteiger partial charge < -0.3 is 19.8 Å². The van der Waals surface area contributed by atoms with Gasteiger partial charge in [-0.25, -0.2) is 4.98 Å². The summed E-state index contributed by atoms with van der Waals surface area (Å²) in [7, 11) is 3.07. The summed E-state index contributed by atoms with van der Waals surface area (Å²) in [6, 6.07) is 3.33. The zero-order valence-corrected chi connectivity index (χ0v) is 15.6. The highest BCUT2D eigenvalue weighted by Gasteiger charge is 2.12. The standard InChI is InChI=1S/C15H17N5O3S2/c1-4-16-14-19-20-15(25-14)24-7-12-17-9-6-11(23-3)10(22-2)5-8(9)13(21)18-12/h5-6H,4,7H2,1-3H3,(H,16,19)(H,17,18,21). The van der Waals surface area contributed by atoms with E-state index < -0.39 is 0 Å². The molecule has 2 heterocycles. The topological polar surface area (TPSA) is 102 Å². The summed E-state index contributed by atoms with van der Waals surface area (Å²) in [6.45, 7) is 2.80. The van der Waals surface area contributed by atoms with Gasteiger partial charge in [0.1, 0.15) is 5.82 Å². The van der Waals surface area contributed by atoms with Crippen molar-refractivity contribution in [3.8, 4) is 11.5 Å². The van der Waals surface area contributed by atoms with Gasteiger partial charge in [-0.1, -0.05) is 23.1 Å². The highest BCUT2D eigenvalue weighted by Crippen LogP contribution is 2.31. The van der Waals surface area contributed by atoms with Crippen molar-refractivity contribution in [1.29, 1.82) is 0 Å². The van der Waals surface area contributed by atoms with E-state index >= 15 is 0 Å². The van der Waals surface area contributed by atoms with E-state index in [9.17, 15) is 4.79 Å². The number of nitrogens with one attached hydrogen (secondary N) is 2. The first-order valence-corrected chi connectivity index (χ1v) is 9.30. The van der Waals surface area contributed by atoms with Crippen LogP contribution < -0.4 is 20.3 Å². The van der Waals surface area contributed by atoms with Crippen LogP contribution >= 0.6 is 23.1 Å². The number of methoxy groups -OCH3 is 2. The van der Waals surface area contributed by atoms with E-state index in [4.69, 9.17) is 9.47 Å². The Bertz CT molecular complexity index is 941. The quantitative estimate of drug-likeness (QED) is 0.604. The van der Waals surface area contributed by atoms with E-state index in [1.807, 2.05) is 6.92 Å². The Morgan fingerprint density at radius 2 is 2.00 bits per heavy atom. The average Bonchev–Trinajstić information content (AvgIpc) is 3.07. The van der Waals surface area contributed by atoms with Crippen LogP contribution in [0.1, 0.15) is 12.7 Å². The van der Waals surface area contributed by atoms with Crippen LogP contribution in [0.2, 0.25) is 0 Å². The molecule has 0 saturated carbocycles. The van der Waals surface area contributed by atoms with E-state index in [0.717, 1.165) is 16.0 Å². The van der Waals surface area contributed by atoms with Crippen LogP contribution in [0, 0.1) is 0 Å². The lowest BCUT2D eigenvalue weighted by Crippen LogP contribution is -2.11. The normalized spacial score (nSPS) is 10.8. The summed E-state index contributed by atoms with van der Waals surface area (Å²) in [4.78, 5) is 19.6. The van der Waals surface area contributed by atoms with Gasteiger partial charge in [0.05, 0.1) is 30.9 Å². The number of H-pyrrole nitrogens is 1. The number of hydrogen-bond acceptors (Lipinski definition) is 9. The molecule has 0 bridgehead atoms. The predicted molar refractivity (Wildman–Crippen MR) is 99.1 cm³/mol. The molecule has 1 aromatic carbocycles. The molecule has 25 heavy (non-hydrogen) atoms.